The van der Waals surface area contributed by atoms with E-state index < -0.39 is 6.10 Å². The Hall–Kier alpha value is -1.81. The third kappa shape index (κ3) is 2.65. The van der Waals surface area contributed by atoms with Crippen molar-refractivity contribution < 1.29 is 9.84 Å². The summed E-state index contributed by atoms with van der Waals surface area (Å²) in [5.41, 5.74) is 0.775. The van der Waals surface area contributed by atoms with Crippen molar-refractivity contribution in [3.05, 3.63) is 42.2 Å². The summed E-state index contributed by atoms with van der Waals surface area (Å²) in [5.74, 6) is 1.35. The van der Waals surface area contributed by atoms with Gasteiger partial charge < -0.3 is 9.84 Å². The van der Waals surface area contributed by atoms with Gasteiger partial charge in [-0.05, 0) is 19.9 Å². The van der Waals surface area contributed by atoms with Crippen molar-refractivity contribution in [1.29, 1.82) is 0 Å². The van der Waals surface area contributed by atoms with Gasteiger partial charge in [0, 0.05) is 12.1 Å². The first-order chi connectivity index (χ1) is 8.20. The fourth-order valence-electron chi connectivity index (χ4n) is 1.62. The highest BCUT2D eigenvalue weighted by Gasteiger charge is 2.09. The zero-order valence-electron chi connectivity index (χ0n) is 10.00. The Morgan fingerprint density at radius 3 is 2.82 bits per heavy atom. The maximum Gasteiger partial charge on any atom is 0.165 e. The van der Waals surface area contributed by atoms with Gasteiger partial charge >= 0.3 is 0 Å². The summed E-state index contributed by atoms with van der Waals surface area (Å²) < 4.78 is 7.50. The number of rotatable bonds is 4. The lowest BCUT2D eigenvalue weighted by Crippen LogP contribution is -1.95. The van der Waals surface area contributed by atoms with Gasteiger partial charge in [0.1, 0.15) is 5.75 Å². The minimum absolute atomic E-state index is 0.549. The van der Waals surface area contributed by atoms with Gasteiger partial charge in [-0.25, -0.2) is 0 Å². The van der Waals surface area contributed by atoms with Crippen LogP contribution in [0.1, 0.15) is 25.5 Å². The molecule has 0 bridgehead atoms. The summed E-state index contributed by atoms with van der Waals surface area (Å²) in [6.07, 6.45) is 2.95. The van der Waals surface area contributed by atoms with Crippen LogP contribution in [-0.2, 0) is 6.54 Å². The summed E-state index contributed by atoms with van der Waals surface area (Å²) >= 11 is 0. The molecule has 0 fully saturated rings. The lowest BCUT2D eigenvalue weighted by molar-refractivity contribution is 0.195. The van der Waals surface area contributed by atoms with E-state index in [1.807, 2.05) is 37.4 Å². The van der Waals surface area contributed by atoms with Crippen molar-refractivity contribution in [2.45, 2.75) is 26.5 Å². The molecule has 0 aliphatic heterocycles. The molecule has 1 aromatic carbocycles. The molecule has 0 aliphatic rings. The number of aromatic nitrogens is 2. The Bertz CT molecular complexity index is 492. The molecule has 90 valence electrons. The Morgan fingerprint density at radius 1 is 1.41 bits per heavy atom. The van der Waals surface area contributed by atoms with Crippen LogP contribution in [0.25, 0.3) is 0 Å². The molecule has 0 aliphatic carbocycles. The highest BCUT2D eigenvalue weighted by Crippen LogP contribution is 2.28. The number of hydrogen-bond donors (Lipinski definition) is 1. The second kappa shape index (κ2) is 5.01. The summed E-state index contributed by atoms with van der Waals surface area (Å²) in [5, 5.41) is 13.8. The molecule has 0 unspecified atom stereocenters. The van der Waals surface area contributed by atoms with Crippen LogP contribution >= 0.6 is 0 Å². The molecule has 4 heteroatoms. The van der Waals surface area contributed by atoms with Crippen molar-refractivity contribution in [2.75, 3.05) is 0 Å². The quantitative estimate of drug-likeness (QED) is 0.881. The van der Waals surface area contributed by atoms with E-state index in [1.165, 1.54) is 0 Å². The zero-order chi connectivity index (χ0) is 12.3. The number of aliphatic hydroxyl groups is 1. The normalized spacial score (nSPS) is 12.4. The predicted octanol–water partition coefficient (Wildman–Crippen LogP) is 2.75. The second-order valence-electron chi connectivity index (χ2n) is 3.85. The van der Waals surface area contributed by atoms with Crippen molar-refractivity contribution in [1.82, 2.24) is 9.78 Å². The lowest BCUT2D eigenvalue weighted by Gasteiger charge is -2.11. The van der Waals surface area contributed by atoms with Crippen LogP contribution in [0, 0.1) is 0 Å². The van der Waals surface area contributed by atoms with Gasteiger partial charge in [0.2, 0.25) is 0 Å². The summed E-state index contributed by atoms with van der Waals surface area (Å²) in [7, 11) is 0. The standard InChI is InChI=1S/C13H16N2O2/c1-3-15-9-11(8-14-15)17-13-7-5-4-6-12(13)10(2)16/h4-10,16H,3H2,1-2H3/t10-/m1/s1. The van der Waals surface area contributed by atoms with E-state index in [0.29, 0.717) is 11.5 Å². The van der Waals surface area contributed by atoms with Crippen molar-refractivity contribution >= 4 is 0 Å². The van der Waals surface area contributed by atoms with Gasteiger partial charge in [0.05, 0.1) is 18.5 Å². The molecule has 17 heavy (non-hydrogen) atoms. The summed E-state index contributed by atoms with van der Waals surface area (Å²) in [6, 6.07) is 7.45. The van der Waals surface area contributed by atoms with Crippen LogP contribution in [0.5, 0.6) is 11.5 Å². The number of ether oxygens (including phenoxy) is 1. The Morgan fingerprint density at radius 2 is 2.18 bits per heavy atom. The molecular weight excluding hydrogens is 216 g/mol. The van der Waals surface area contributed by atoms with Gasteiger partial charge in [0.25, 0.3) is 0 Å². The number of benzene rings is 1. The van der Waals surface area contributed by atoms with Gasteiger partial charge in [-0.15, -0.1) is 0 Å². The highest BCUT2D eigenvalue weighted by molar-refractivity contribution is 5.37. The third-order valence-electron chi connectivity index (χ3n) is 2.53. The maximum atomic E-state index is 9.63. The lowest BCUT2D eigenvalue weighted by atomic mass is 10.1. The Kier molecular flexibility index (Phi) is 3.44. The van der Waals surface area contributed by atoms with E-state index in [4.69, 9.17) is 4.74 Å². The molecule has 2 aromatic rings. The fraction of sp³-hybridized carbons (Fsp3) is 0.308. The first kappa shape index (κ1) is 11.7. The Labute approximate surface area is 100 Å². The van der Waals surface area contributed by atoms with Gasteiger partial charge in [-0.1, -0.05) is 18.2 Å². The average Bonchev–Trinajstić information content (AvgIpc) is 2.77. The van der Waals surface area contributed by atoms with E-state index in [0.717, 1.165) is 12.1 Å². The van der Waals surface area contributed by atoms with E-state index >= 15 is 0 Å². The summed E-state index contributed by atoms with van der Waals surface area (Å²) in [4.78, 5) is 0. The zero-order valence-corrected chi connectivity index (χ0v) is 10.00. The molecule has 1 aromatic heterocycles. The molecule has 1 N–H and O–H groups in total. The number of para-hydroxylation sites is 1. The van der Waals surface area contributed by atoms with E-state index in [-0.39, 0.29) is 0 Å². The first-order valence-electron chi connectivity index (χ1n) is 5.68. The average molecular weight is 232 g/mol. The van der Waals surface area contributed by atoms with Crippen LogP contribution < -0.4 is 4.74 Å². The van der Waals surface area contributed by atoms with Crippen molar-refractivity contribution in [3.8, 4) is 11.5 Å². The van der Waals surface area contributed by atoms with Crippen molar-refractivity contribution in [3.63, 3.8) is 0 Å². The number of aliphatic hydroxyl groups excluding tert-OH is 1. The minimum Gasteiger partial charge on any atom is -0.454 e. The molecule has 0 spiro atoms. The number of nitrogens with zero attached hydrogens (tertiary/aromatic N) is 2. The molecule has 1 heterocycles. The monoisotopic (exact) mass is 232 g/mol. The SMILES string of the molecule is CCn1cc(Oc2ccccc2[C@@H](C)O)cn1. The van der Waals surface area contributed by atoms with Crippen LogP contribution in [0.4, 0.5) is 0 Å². The van der Waals surface area contributed by atoms with E-state index in [2.05, 4.69) is 5.10 Å². The molecule has 1 atom stereocenters. The van der Waals surface area contributed by atoms with Crippen molar-refractivity contribution in [2.24, 2.45) is 0 Å². The van der Waals surface area contributed by atoms with Gasteiger partial charge in [-0.2, -0.15) is 5.10 Å². The molecule has 0 saturated carbocycles. The van der Waals surface area contributed by atoms with Crippen LogP contribution in [0.3, 0.4) is 0 Å². The van der Waals surface area contributed by atoms with Crippen LogP contribution in [0.2, 0.25) is 0 Å². The van der Waals surface area contributed by atoms with Gasteiger partial charge in [-0.3, -0.25) is 4.68 Å². The molecule has 0 saturated heterocycles. The summed E-state index contributed by atoms with van der Waals surface area (Å²) in [6.45, 7) is 4.54. The number of aryl methyl sites for hydroxylation is 1. The molecule has 2 rings (SSSR count). The molecular formula is C13H16N2O2. The minimum atomic E-state index is -0.549. The largest absolute Gasteiger partial charge is 0.454 e. The maximum absolute atomic E-state index is 9.63. The topological polar surface area (TPSA) is 47.3 Å². The molecule has 0 radical (unpaired) electrons. The van der Waals surface area contributed by atoms with E-state index in [9.17, 15) is 5.11 Å². The molecule has 4 nitrogen and oxygen atoms in total. The predicted molar refractivity (Wildman–Crippen MR) is 65.1 cm³/mol. The molecule has 0 amide bonds. The first-order valence-corrected chi connectivity index (χ1v) is 5.68. The number of hydrogen-bond acceptors (Lipinski definition) is 3. The Balaban J connectivity index is 2.23. The van der Waals surface area contributed by atoms with Gasteiger partial charge in [0.15, 0.2) is 5.75 Å². The van der Waals surface area contributed by atoms with Crippen LogP contribution in [0.15, 0.2) is 36.7 Å². The highest BCUT2D eigenvalue weighted by atomic mass is 16.5. The smallest absolute Gasteiger partial charge is 0.165 e. The van der Waals surface area contributed by atoms with Crippen LogP contribution in [-0.4, -0.2) is 14.9 Å². The third-order valence-corrected chi connectivity index (χ3v) is 2.53. The second-order valence-corrected chi connectivity index (χ2v) is 3.85. The van der Waals surface area contributed by atoms with E-state index in [1.54, 1.807) is 17.8 Å². The fourth-order valence-corrected chi connectivity index (χ4v) is 1.62.